The minimum atomic E-state index is -1.12. The monoisotopic (exact) mass is 289 g/mol. The fraction of sp³-hybridized carbons (Fsp3) is 0.538. The third-order valence-corrected chi connectivity index (χ3v) is 4.19. The van der Waals surface area contributed by atoms with Crippen molar-refractivity contribution in [1.82, 2.24) is 5.32 Å². The van der Waals surface area contributed by atoms with Crippen LogP contribution in [0.25, 0.3) is 0 Å². The summed E-state index contributed by atoms with van der Waals surface area (Å²) in [5.74, 6) is -2.27. The number of carbonyl (C=O) groups is 2. The van der Waals surface area contributed by atoms with E-state index in [2.05, 4.69) is 11.4 Å². The molecule has 1 amide bonds. The summed E-state index contributed by atoms with van der Waals surface area (Å²) in [7, 11) is 0. The zero-order valence-corrected chi connectivity index (χ0v) is 14.3. The Morgan fingerprint density at radius 3 is 2.63 bits per heavy atom. The molecule has 0 spiro atoms. The van der Waals surface area contributed by atoms with Crippen LogP contribution in [-0.2, 0) is 9.59 Å². The molecule has 0 aromatic carbocycles. The van der Waals surface area contributed by atoms with Crippen molar-refractivity contribution in [3.63, 3.8) is 0 Å². The summed E-state index contributed by atoms with van der Waals surface area (Å²) < 4.78 is 0. The van der Waals surface area contributed by atoms with Gasteiger partial charge in [-0.2, -0.15) is 0 Å². The second-order valence-corrected chi connectivity index (χ2v) is 5.84. The number of carboxylic acids is 1. The van der Waals surface area contributed by atoms with Gasteiger partial charge in [0.15, 0.2) is 0 Å². The molecule has 0 aliphatic heterocycles. The Morgan fingerprint density at radius 1 is 1.53 bits per heavy atom. The van der Waals surface area contributed by atoms with Crippen molar-refractivity contribution < 1.29 is 44.3 Å². The summed E-state index contributed by atoms with van der Waals surface area (Å²) in [4.78, 5) is 23.7. The molecule has 1 aromatic heterocycles. The van der Waals surface area contributed by atoms with E-state index in [0.717, 1.165) is 12.0 Å². The first-order chi connectivity index (χ1) is 8.52. The second kappa shape index (κ2) is 6.88. The number of amides is 1. The van der Waals surface area contributed by atoms with Crippen LogP contribution in [-0.4, -0.2) is 11.9 Å². The molecule has 0 saturated heterocycles. The summed E-state index contributed by atoms with van der Waals surface area (Å²) in [6.07, 6.45) is 1.21. The topological polar surface area (TPSA) is 69.2 Å². The van der Waals surface area contributed by atoms with Crippen molar-refractivity contribution in [2.24, 2.45) is 11.8 Å². The molecule has 1 fully saturated rings. The molecule has 1 heterocycles. The van der Waals surface area contributed by atoms with Crippen molar-refractivity contribution >= 4 is 23.2 Å². The largest absolute Gasteiger partial charge is 1.00 e. The fourth-order valence-corrected chi connectivity index (χ4v) is 2.85. The van der Waals surface area contributed by atoms with Gasteiger partial charge in [-0.1, -0.05) is 6.92 Å². The first-order valence-electron chi connectivity index (χ1n) is 6.09. The Labute approximate surface area is 138 Å². The molecular weight excluding hydrogens is 273 g/mol. The van der Waals surface area contributed by atoms with Crippen LogP contribution in [0.15, 0.2) is 11.4 Å². The quantitative estimate of drug-likeness (QED) is 0.638. The van der Waals surface area contributed by atoms with E-state index in [1.165, 1.54) is 4.88 Å². The first-order valence-corrected chi connectivity index (χ1v) is 6.97. The summed E-state index contributed by atoms with van der Waals surface area (Å²) in [6.45, 7) is 4.02. The van der Waals surface area contributed by atoms with Gasteiger partial charge in [0.25, 0.3) is 0 Å². The van der Waals surface area contributed by atoms with Gasteiger partial charge in [-0.3, -0.25) is 4.79 Å². The molecule has 1 unspecified atom stereocenters. The van der Waals surface area contributed by atoms with Gasteiger partial charge in [0.2, 0.25) is 5.91 Å². The van der Waals surface area contributed by atoms with Gasteiger partial charge >= 0.3 is 29.6 Å². The third kappa shape index (κ3) is 4.05. The number of carboxylic acid groups (broad SMARTS) is 1. The SMILES string of the molecule is CCC(NC(=O)[C@@H]1C[C@@H]1C(=O)[O-])c1csc(C)c1.[Na+]. The summed E-state index contributed by atoms with van der Waals surface area (Å²) >= 11 is 1.65. The third-order valence-electron chi connectivity index (χ3n) is 3.31. The molecule has 3 atom stereocenters. The van der Waals surface area contributed by atoms with Crippen LogP contribution < -0.4 is 40.0 Å². The van der Waals surface area contributed by atoms with Gasteiger partial charge in [-0.05, 0) is 36.8 Å². The molecule has 98 valence electrons. The smallest absolute Gasteiger partial charge is 0.550 e. The predicted octanol–water partition coefficient (Wildman–Crippen LogP) is -1.99. The number of hydrogen-bond donors (Lipinski definition) is 1. The van der Waals surface area contributed by atoms with Gasteiger partial charge in [0.05, 0.1) is 6.04 Å². The average molecular weight is 289 g/mol. The Hall–Kier alpha value is -0.360. The molecule has 2 rings (SSSR count). The Balaban J connectivity index is 0.00000180. The number of aliphatic carboxylic acids is 1. The Morgan fingerprint density at radius 2 is 2.21 bits per heavy atom. The minimum absolute atomic E-state index is 0. The van der Waals surface area contributed by atoms with E-state index in [-0.39, 0.29) is 41.5 Å². The summed E-state index contributed by atoms with van der Waals surface area (Å²) in [5.41, 5.74) is 1.10. The molecule has 1 aliphatic rings. The number of rotatable bonds is 5. The Kier molecular flexibility index (Phi) is 6.05. The van der Waals surface area contributed by atoms with Crippen LogP contribution >= 0.6 is 11.3 Å². The zero-order valence-electron chi connectivity index (χ0n) is 11.4. The van der Waals surface area contributed by atoms with E-state index in [0.29, 0.717) is 6.42 Å². The molecule has 4 nitrogen and oxygen atoms in total. The van der Waals surface area contributed by atoms with Gasteiger partial charge in [-0.15, -0.1) is 11.3 Å². The van der Waals surface area contributed by atoms with Gasteiger partial charge in [0.1, 0.15) is 0 Å². The molecule has 0 radical (unpaired) electrons. The molecule has 0 bridgehead atoms. The molecule has 6 heteroatoms. The maximum Gasteiger partial charge on any atom is 1.00 e. The first kappa shape index (κ1) is 16.7. The molecular formula is C13H16NNaO3S. The van der Waals surface area contributed by atoms with E-state index in [9.17, 15) is 14.7 Å². The second-order valence-electron chi connectivity index (χ2n) is 4.73. The van der Waals surface area contributed by atoms with Crippen LogP contribution in [0.3, 0.4) is 0 Å². The van der Waals surface area contributed by atoms with Crippen molar-refractivity contribution in [3.8, 4) is 0 Å². The van der Waals surface area contributed by atoms with E-state index >= 15 is 0 Å². The van der Waals surface area contributed by atoms with Crippen molar-refractivity contribution in [1.29, 1.82) is 0 Å². The number of aryl methyl sites for hydroxylation is 1. The van der Waals surface area contributed by atoms with E-state index in [4.69, 9.17) is 0 Å². The summed E-state index contributed by atoms with van der Waals surface area (Å²) in [5, 5.41) is 15.6. The molecule has 1 aliphatic carbocycles. The van der Waals surface area contributed by atoms with Gasteiger partial charge in [-0.25, -0.2) is 0 Å². The van der Waals surface area contributed by atoms with Crippen LogP contribution in [0.2, 0.25) is 0 Å². The normalized spacial score (nSPS) is 22.2. The van der Waals surface area contributed by atoms with Crippen LogP contribution in [0.1, 0.15) is 36.2 Å². The zero-order chi connectivity index (χ0) is 13.3. The van der Waals surface area contributed by atoms with Crippen molar-refractivity contribution in [2.75, 3.05) is 0 Å². The number of hydrogen-bond acceptors (Lipinski definition) is 4. The standard InChI is InChI=1S/C13H17NO3S.Na/c1-3-11(8-4-7(2)18-6-8)14-12(15)9-5-10(9)13(16)17;/h4,6,9-11H,3,5H2,1-2H3,(H,14,15)(H,16,17);/q;+1/p-1/t9-,10+,11?;/m1./s1. The van der Waals surface area contributed by atoms with Gasteiger partial charge in [0, 0.05) is 22.7 Å². The molecule has 19 heavy (non-hydrogen) atoms. The van der Waals surface area contributed by atoms with Crippen LogP contribution in [0, 0.1) is 18.8 Å². The van der Waals surface area contributed by atoms with E-state index in [1.54, 1.807) is 11.3 Å². The van der Waals surface area contributed by atoms with E-state index in [1.807, 2.05) is 19.2 Å². The van der Waals surface area contributed by atoms with E-state index < -0.39 is 17.8 Å². The maximum atomic E-state index is 11.9. The molecule has 1 aromatic rings. The number of carbonyl (C=O) groups excluding carboxylic acids is 2. The molecule has 1 N–H and O–H groups in total. The average Bonchev–Trinajstić information content (AvgIpc) is 3.03. The van der Waals surface area contributed by atoms with Crippen LogP contribution in [0.4, 0.5) is 0 Å². The predicted molar refractivity (Wildman–Crippen MR) is 66.8 cm³/mol. The minimum Gasteiger partial charge on any atom is -0.550 e. The fourth-order valence-electron chi connectivity index (χ4n) is 2.09. The Bertz CT molecular complexity index is 474. The van der Waals surface area contributed by atoms with Crippen LogP contribution in [0.5, 0.6) is 0 Å². The number of thiophene rings is 1. The van der Waals surface area contributed by atoms with Crippen molar-refractivity contribution in [2.45, 2.75) is 32.7 Å². The van der Waals surface area contributed by atoms with Gasteiger partial charge < -0.3 is 15.2 Å². The van der Waals surface area contributed by atoms with Crippen molar-refractivity contribution in [3.05, 3.63) is 21.9 Å². The number of nitrogens with one attached hydrogen (secondary N) is 1. The maximum absolute atomic E-state index is 11.9. The molecule has 1 saturated carbocycles. The summed E-state index contributed by atoms with van der Waals surface area (Å²) in [6, 6.07) is 2.04.